The fraction of sp³-hybridized carbons (Fsp3) is 0.364. The zero-order valence-electron chi connectivity index (χ0n) is 21.2. The molecule has 0 spiro atoms. The molecular formula is C22H23N8O7S3+. The Morgan fingerprint density at radius 3 is 2.73 bits per heavy atom. The summed E-state index contributed by atoms with van der Waals surface area (Å²) in [6, 6.07) is 0.900. The number of carbonyl (C=O) groups is 4. The summed E-state index contributed by atoms with van der Waals surface area (Å²) in [6.45, 7) is 2.74. The van der Waals surface area contributed by atoms with Crippen LogP contribution in [0.2, 0.25) is 0 Å². The molecule has 2 amide bonds. The van der Waals surface area contributed by atoms with Gasteiger partial charge in [0, 0.05) is 22.9 Å². The number of nitrogens with two attached hydrogens (primary N) is 1. The third kappa shape index (κ3) is 4.77. The van der Waals surface area contributed by atoms with Crippen LogP contribution in [0.4, 0.5) is 5.13 Å². The van der Waals surface area contributed by atoms with Crippen molar-refractivity contribution in [3.05, 3.63) is 34.7 Å². The number of hydrogen-bond acceptors (Lipinski definition) is 12. The van der Waals surface area contributed by atoms with Crippen LogP contribution in [0.3, 0.4) is 0 Å². The number of hydrogen-bond donors (Lipinski definition) is 4. The molecule has 3 aromatic heterocycles. The summed E-state index contributed by atoms with van der Waals surface area (Å²) < 4.78 is 7.75. The van der Waals surface area contributed by atoms with Crippen molar-refractivity contribution in [3.8, 4) is 0 Å². The van der Waals surface area contributed by atoms with Crippen LogP contribution < -0.4 is 15.7 Å². The Morgan fingerprint density at radius 1 is 1.35 bits per heavy atom. The first kappa shape index (κ1) is 27.5. The molecule has 5 rings (SSSR count). The van der Waals surface area contributed by atoms with E-state index in [4.69, 9.17) is 10.6 Å². The minimum Gasteiger partial charge on any atom is -0.478 e. The Bertz CT molecular complexity index is 1620. The van der Waals surface area contributed by atoms with E-state index in [-0.39, 0.29) is 23.2 Å². The number of carboxylic acid groups (broad SMARTS) is 2. The molecule has 2 aliphatic heterocycles. The summed E-state index contributed by atoms with van der Waals surface area (Å²) >= 11 is 3.67. The van der Waals surface area contributed by atoms with Gasteiger partial charge in [-0.1, -0.05) is 5.16 Å². The average molecular weight is 608 g/mol. The minimum atomic E-state index is -1.78. The lowest BCUT2D eigenvalue weighted by Gasteiger charge is -2.49. The molecular weight excluding hydrogens is 584 g/mol. The van der Waals surface area contributed by atoms with Crippen LogP contribution in [0.5, 0.6) is 0 Å². The second kappa shape index (κ2) is 10.2. The number of nitrogens with one attached hydrogen (secondary N) is 1. The molecule has 15 nitrogen and oxygen atoms in total. The normalized spacial score (nSPS) is 19.4. The van der Waals surface area contributed by atoms with Crippen LogP contribution in [0.1, 0.15) is 19.7 Å². The maximum absolute atomic E-state index is 13.2. The number of anilines is 1. The van der Waals surface area contributed by atoms with Crippen LogP contribution in [0.15, 0.2) is 34.1 Å². The van der Waals surface area contributed by atoms with Gasteiger partial charge in [-0.15, -0.1) is 32.5 Å². The van der Waals surface area contributed by atoms with Crippen LogP contribution in [0.25, 0.3) is 10.2 Å². The fourth-order valence-corrected chi connectivity index (χ4v) is 6.74. The number of nitrogen functional groups attached to an aromatic ring is 1. The number of thiophene rings is 1. The number of aliphatic carboxylic acids is 2. The smallest absolute Gasteiger partial charge is 0.352 e. The van der Waals surface area contributed by atoms with Gasteiger partial charge in [0.05, 0.1) is 12.4 Å². The fourth-order valence-electron chi connectivity index (χ4n) is 4.11. The maximum atomic E-state index is 13.2. The van der Waals surface area contributed by atoms with E-state index in [9.17, 15) is 29.4 Å². The second-order valence-corrected chi connectivity index (χ2v) is 12.1. The second-order valence-electron chi connectivity index (χ2n) is 9.35. The molecule has 0 saturated carbocycles. The number of fused-ring (bicyclic) bond motifs is 2. The number of thioether (sulfide) groups is 1. The monoisotopic (exact) mass is 607 g/mol. The molecule has 2 aliphatic rings. The van der Waals surface area contributed by atoms with E-state index >= 15 is 0 Å². The van der Waals surface area contributed by atoms with Crippen molar-refractivity contribution in [2.75, 3.05) is 11.5 Å². The highest BCUT2D eigenvalue weighted by Crippen LogP contribution is 2.40. The molecule has 40 heavy (non-hydrogen) atoms. The molecule has 0 aliphatic carbocycles. The summed E-state index contributed by atoms with van der Waals surface area (Å²) in [4.78, 5) is 61.2. The number of carboxylic acids is 2. The number of oxime groups is 1. The molecule has 18 heteroatoms. The van der Waals surface area contributed by atoms with Crippen molar-refractivity contribution >= 4 is 79.4 Å². The highest BCUT2D eigenvalue weighted by Gasteiger charge is 2.55. The van der Waals surface area contributed by atoms with Crippen molar-refractivity contribution in [3.63, 3.8) is 0 Å². The van der Waals surface area contributed by atoms with Crippen molar-refractivity contribution in [2.45, 2.75) is 37.4 Å². The van der Waals surface area contributed by atoms with Gasteiger partial charge < -0.3 is 26.1 Å². The molecule has 5 heterocycles. The summed E-state index contributed by atoms with van der Waals surface area (Å²) in [5, 5.41) is 27.9. The van der Waals surface area contributed by atoms with Gasteiger partial charge in [-0.2, -0.15) is 9.36 Å². The minimum absolute atomic E-state index is 0.0291. The first-order valence-electron chi connectivity index (χ1n) is 11.6. The van der Waals surface area contributed by atoms with Crippen molar-refractivity contribution in [2.24, 2.45) is 12.2 Å². The lowest BCUT2D eigenvalue weighted by Crippen LogP contribution is -2.71. The third-order valence-corrected chi connectivity index (χ3v) is 9.16. The van der Waals surface area contributed by atoms with Crippen molar-refractivity contribution in [1.29, 1.82) is 0 Å². The van der Waals surface area contributed by atoms with Gasteiger partial charge in [0.25, 0.3) is 11.8 Å². The zero-order valence-corrected chi connectivity index (χ0v) is 23.7. The molecule has 0 aromatic carbocycles. The Balaban J connectivity index is 1.37. The molecule has 5 N–H and O–H groups in total. The number of carbonyl (C=O) groups excluding carboxylic acids is 2. The van der Waals surface area contributed by atoms with E-state index in [0.717, 1.165) is 21.7 Å². The van der Waals surface area contributed by atoms with Gasteiger partial charge in [-0.25, -0.2) is 9.59 Å². The molecule has 3 aromatic rings. The quantitative estimate of drug-likeness (QED) is 0.110. The first-order valence-corrected chi connectivity index (χ1v) is 14.3. The molecule has 2 atom stereocenters. The van der Waals surface area contributed by atoms with Crippen LogP contribution in [-0.4, -0.2) is 81.4 Å². The van der Waals surface area contributed by atoms with E-state index in [1.807, 2.05) is 34.1 Å². The standard InChI is InChI=1S/C22H22N8O7S3/c1-22(2,20(35)36)37-26-11(14-25-21(23)40-27-14)15(31)24-12-16(32)30-13(19(33)34)10(8-39-18(12)30)7-29-6-9-4-5-38-17(9)28(29)3/h4-6,12,18H,7-8H2,1-3H3,(H4-,23,24,25,27,31,33,34,35,36)/p+1/b26-11-/t12-,18-/m1/s1. The Hall–Kier alpha value is -4.03. The van der Waals surface area contributed by atoms with Gasteiger partial charge >= 0.3 is 11.9 Å². The largest absolute Gasteiger partial charge is 0.478 e. The van der Waals surface area contributed by atoms with Gasteiger partial charge in [-0.3, -0.25) is 14.5 Å². The van der Waals surface area contributed by atoms with E-state index in [1.54, 1.807) is 11.3 Å². The highest BCUT2D eigenvalue weighted by atomic mass is 32.2. The third-order valence-electron chi connectivity index (χ3n) is 6.28. The van der Waals surface area contributed by atoms with E-state index < -0.39 is 46.5 Å². The topological polar surface area (TPSA) is 206 Å². The van der Waals surface area contributed by atoms with Crippen LogP contribution in [0, 0.1) is 0 Å². The summed E-state index contributed by atoms with van der Waals surface area (Å²) in [7, 11) is 1.88. The predicted molar refractivity (Wildman–Crippen MR) is 144 cm³/mol. The SMILES string of the molecule is Cn1c2sccc2c[n+]1CC1=C(C(=O)O)N2C(=O)[C@@H](NC(=O)/C(=N\OC(C)(C)C(=O)O)c3nsc(N)n3)[C@H]2SC1. The number of β-lactam (4-membered cyclic amide) rings is 1. The molecule has 210 valence electrons. The number of nitrogens with zero attached hydrogens (tertiary/aromatic N) is 6. The summed E-state index contributed by atoms with van der Waals surface area (Å²) in [5.41, 5.74) is 3.80. The number of aryl methyl sites for hydroxylation is 1. The molecule has 1 saturated heterocycles. The van der Waals surface area contributed by atoms with Crippen molar-refractivity contribution in [1.82, 2.24) is 24.3 Å². The lowest BCUT2D eigenvalue weighted by molar-refractivity contribution is -0.764. The Kier molecular flexibility index (Phi) is 7.01. The first-order chi connectivity index (χ1) is 18.9. The van der Waals surface area contributed by atoms with E-state index in [0.29, 0.717) is 11.3 Å². The predicted octanol–water partition coefficient (Wildman–Crippen LogP) is -0.0163. The number of rotatable bonds is 9. The van der Waals surface area contributed by atoms with Gasteiger partial charge in [0.1, 0.15) is 17.1 Å². The van der Waals surface area contributed by atoms with Crippen LogP contribution in [-0.2, 0) is 37.6 Å². The average Bonchev–Trinajstić information content (AvgIpc) is 3.60. The Morgan fingerprint density at radius 2 is 2.10 bits per heavy atom. The molecule has 0 unspecified atom stereocenters. The summed E-state index contributed by atoms with van der Waals surface area (Å²) in [6.07, 6.45) is 1.92. The summed E-state index contributed by atoms with van der Waals surface area (Å²) in [5.74, 6) is -4.01. The lowest BCUT2D eigenvalue weighted by atomic mass is 10.0. The molecule has 0 bridgehead atoms. The molecule has 0 radical (unpaired) electrons. The van der Waals surface area contributed by atoms with Gasteiger partial charge in [0.2, 0.25) is 23.3 Å². The zero-order chi connectivity index (χ0) is 28.9. The van der Waals surface area contributed by atoms with Gasteiger partial charge in [-0.05, 0) is 25.3 Å². The molecule has 1 fully saturated rings. The number of amides is 2. The van der Waals surface area contributed by atoms with E-state index in [1.165, 1.54) is 30.5 Å². The van der Waals surface area contributed by atoms with Crippen LogP contribution >= 0.6 is 34.6 Å². The van der Waals surface area contributed by atoms with Gasteiger partial charge in [0.15, 0.2) is 16.5 Å². The van der Waals surface area contributed by atoms with E-state index in [2.05, 4.69) is 19.8 Å². The highest BCUT2D eigenvalue weighted by molar-refractivity contribution is 8.00. The van der Waals surface area contributed by atoms with Crippen molar-refractivity contribution < 1.29 is 38.9 Å². The maximum Gasteiger partial charge on any atom is 0.352 e. The Labute approximate surface area is 238 Å². The number of aromatic nitrogens is 4.